The Hall–Kier alpha value is -4.27. The molecular formula is C26H27N5O4. The number of ether oxygens (including phenoxy) is 1. The summed E-state index contributed by atoms with van der Waals surface area (Å²) in [7, 11) is 0. The first-order valence-electron chi connectivity index (χ1n) is 11.5. The van der Waals surface area contributed by atoms with Crippen molar-refractivity contribution in [2.45, 2.75) is 33.9 Å². The Kier molecular flexibility index (Phi) is 7.05. The molecule has 0 unspecified atom stereocenters. The Bertz CT molecular complexity index is 1490. The monoisotopic (exact) mass is 473 g/mol. The highest BCUT2D eigenvalue weighted by atomic mass is 16.5. The number of hydrogen-bond acceptors (Lipinski definition) is 6. The molecule has 3 aromatic heterocycles. The van der Waals surface area contributed by atoms with Crippen LogP contribution in [-0.2, 0) is 13.1 Å². The fourth-order valence-electron chi connectivity index (χ4n) is 3.79. The molecule has 0 aliphatic carbocycles. The van der Waals surface area contributed by atoms with Crippen LogP contribution in [0.25, 0.3) is 22.3 Å². The minimum atomic E-state index is -0.494. The van der Waals surface area contributed by atoms with Crippen LogP contribution in [0.15, 0.2) is 64.6 Å². The SMILES string of the molecule is CCOc1ccc(-c2cc(=O)n(CCNC(=O)c3cn(CC)c4nc(C)ccc4c3=O)cn2)cc1. The Morgan fingerprint density at radius 3 is 2.51 bits per heavy atom. The zero-order valence-electron chi connectivity index (χ0n) is 19.9. The number of aromatic nitrogens is 4. The minimum absolute atomic E-state index is 0.0429. The largest absolute Gasteiger partial charge is 0.494 e. The molecule has 9 heteroatoms. The lowest BCUT2D eigenvalue weighted by molar-refractivity contribution is 0.0950. The zero-order chi connectivity index (χ0) is 24.9. The van der Waals surface area contributed by atoms with Crippen LogP contribution in [0.5, 0.6) is 5.75 Å². The van der Waals surface area contributed by atoms with Gasteiger partial charge in [0.15, 0.2) is 0 Å². The summed E-state index contributed by atoms with van der Waals surface area (Å²) in [5, 5.41) is 3.13. The molecule has 0 spiro atoms. The molecule has 3 heterocycles. The third-order valence-corrected chi connectivity index (χ3v) is 5.62. The van der Waals surface area contributed by atoms with Gasteiger partial charge >= 0.3 is 0 Å². The normalized spacial score (nSPS) is 10.9. The molecule has 0 aliphatic heterocycles. The highest BCUT2D eigenvalue weighted by molar-refractivity contribution is 5.96. The average molecular weight is 474 g/mol. The molecule has 1 amide bonds. The van der Waals surface area contributed by atoms with Gasteiger partial charge in [-0.2, -0.15) is 0 Å². The summed E-state index contributed by atoms with van der Waals surface area (Å²) >= 11 is 0. The molecule has 4 aromatic rings. The van der Waals surface area contributed by atoms with Gasteiger partial charge in [-0.3, -0.25) is 19.0 Å². The number of nitrogens with one attached hydrogen (secondary N) is 1. The van der Waals surface area contributed by atoms with Gasteiger partial charge in [0.25, 0.3) is 11.5 Å². The number of nitrogens with zero attached hydrogens (tertiary/aromatic N) is 4. The lowest BCUT2D eigenvalue weighted by atomic mass is 10.1. The fraction of sp³-hybridized carbons (Fsp3) is 0.269. The quantitative estimate of drug-likeness (QED) is 0.422. The van der Waals surface area contributed by atoms with Crippen LogP contribution in [0, 0.1) is 6.92 Å². The van der Waals surface area contributed by atoms with Crippen molar-refractivity contribution in [2.75, 3.05) is 13.2 Å². The van der Waals surface area contributed by atoms with E-state index >= 15 is 0 Å². The van der Waals surface area contributed by atoms with Gasteiger partial charge in [0.2, 0.25) is 5.43 Å². The van der Waals surface area contributed by atoms with E-state index in [4.69, 9.17) is 4.74 Å². The second kappa shape index (κ2) is 10.3. The van der Waals surface area contributed by atoms with Gasteiger partial charge in [0.1, 0.15) is 17.0 Å². The molecule has 0 saturated heterocycles. The third-order valence-electron chi connectivity index (χ3n) is 5.62. The van der Waals surface area contributed by atoms with Gasteiger partial charge in [-0.15, -0.1) is 0 Å². The van der Waals surface area contributed by atoms with Crippen molar-refractivity contribution in [1.82, 2.24) is 24.4 Å². The average Bonchev–Trinajstić information content (AvgIpc) is 2.86. The maximum Gasteiger partial charge on any atom is 0.256 e. The Morgan fingerprint density at radius 2 is 1.83 bits per heavy atom. The van der Waals surface area contributed by atoms with E-state index in [1.54, 1.807) is 16.7 Å². The number of carbonyl (C=O) groups excluding carboxylic acids is 1. The maximum absolute atomic E-state index is 12.9. The summed E-state index contributed by atoms with van der Waals surface area (Å²) in [5.74, 6) is 0.260. The Balaban J connectivity index is 1.45. The number of pyridine rings is 2. The first-order chi connectivity index (χ1) is 16.9. The molecule has 1 aromatic carbocycles. The molecule has 1 N–H and O–H groups in total. The molecule has 0 atom stereocenters. The standard InChI is InChI=1S/C26H27N5O4/c1-4-30-15-21(24(33)20-11-6-17(3)29-25(20)30)26(34)27-12-13-31-16-28-22(14-23(31)32)18-7-9-19(10-8-18)35-5-2/h6-11,14-16H,4-5,12-13H2,1-3H3,(H,27,34). The topological polar surface area (TPSA) is 108 Å². The highest BCUT2D eigenvalue weighted by Gasteiger charge is 2.16. The summed E-state index contributed by atoms with van der Waals surface area (Å²) in [4.78, 5) is 47.0. The third kappa shape index (κ3) is 5.13. The minimum Gasteiger partial charge on any atom is -0.494 e. The predicted molar refractivity (Wildman–Crippen MR) is 134 cm³/mol. The highest BCUT2D eigenvalue weighted by Crippen LogP contribution is 2.19. The van der Waals surface area contributed by atoms with Crippen LogP contribution in [0.2, 0.25) is 0 Å². The van der Waals surface area contributed by atoms with E-state index in [0.29, 0.717) is 29.9 Å². The molecule has 0 radical (unpaired) electrons. The van der Waals surface area contributed by atoms with Gasteiger partial charge in [-0.25, -0.2) is 9.97 Å². The van der Waals surface area contributed by atoms with Crippen molar-refractivity contribution in [1.29, 1.82) is 0 Å². The fourth-order valence-corrected chi connectivity index (χ4v) is 3.79. The van der Waals surface area contributed by atoms with Crippen LogP contribution in [0.4, 0.5) is 0 Å². The van der Waals surface area contributed by atoms with E-state index in [-0.39, 0.29) is 29.6 Å². The maximum atomic E-state index is 12.9. The smallest absolute Gasteiger partial charge is 0.256 e. The number of fused-ring (bicyclic) bond motifs is 1. The van der Waals surface area contributed by atoms with Crippen molar-refractivity contribution < 1.29 is 9.53 Å². The molecular weight excluding hydrogens is 446 g/mol. The van der Waals surface area contributed by atoms with Gasteiger partial charge in [0.05, 0.1) is 24.0 Å². The Morgan fingerprint density at radius 1 is 1.06 bits per heavy atom. The van der Waals surface area contributed by atoms with Crippen LogP contribution in [0.3, 0.4) is 0 Å². The summed E-state index contributed by atoms with van der Waals surface area (Å²) in [6.45, 7) is 7.22. The van der Waals surface area contributed by atoms with Crippen molar-refractivity contribution in [2.24, 2.45) is 0 Å². The van der Waals surface area contributed by atoms with Crippen molar-refractivity contribution >= 4 is 16.9 Å². The van der Waals surface area contributed by atoms with E-state index in [1.165, 1.54) is 23.2 Å². The number of carbonyl (C=O) groups is 1. The van der Waals surface area contributed by atoms with Gasteiger partial charge in [-0.05, 0) is 57.2 Å². The molecule has 9 nitrogen and oxygen atoms in total. The zero-order valence-corrected chi connectivity index (χ0v) is 19.9. The van der Waals surface area contributed by atoms with E-state index in [2.05, 4.69) is 15.3 Å². The van der Waals surface area contributed by atoms with Gasteiger partial charge < -0.3 is 14.6 Å². The molecule has 0 fully saturated rings. The number of hydrogen-bond donors (Lipinski definition) is 1. The second-order valence-electron chi connectivity index (χ2n) is 8.00. The first kappa shape index (κ1) is 23.9. The molecule has 4 rings (SSSR count). The van der Waals surface area contributed by atoms with Crippen LogP contribution in [-0.4, -0.2) is 38.2 Å². The van der Waals surface area contributed by atoms with Gasteiger partial charge in [0, 0.05) is 43.2 Å². The van der Waals surface area contributed by atoms with Crippen molar-refractivity contribution in [3.8, 4) is 17.0 Å². The number of amides is 1. The summed E-state index contributed by atoms with van der Waals surface area (Å²) in [6.07, 6.45) is 2.99. The first-order valence-corrected chi connectivity index (χ1v) is 11.5. The predicted octanol–water partition coefficient (Wildman–Crippen LogP) is 2.78. The lowest BCUT2D eigenvalue weighted by Crippen LogP contribution is -2.34. The van der Waals surface area contributed by atoms with E-state index < -0.39 is 5.91 Å². The van der Waals surface area contributed by atoms with E-state index in [0.717, 1.165) is 17.0 Å². The number of benzene rings is 1. The molecule has 0 bridgehead atoms. The van der Waals surface area contributed by atoms with Crippen LogP contribution < -0.4 is 21.0 Å². The lowest BCUT2D eigenvalue weighted by Gasteiger charge is -2.12. The summed E-state index contributed by atoms with van der Waals surface area (Å²) in [5.41, 5.74) is 2.15. The van der Waals surface area contributed by atoms with Crippen LogP contribution in [0.1, 0.15) is 29.9 Å². The van der Waals surface area contributed by atoms with Crippen LogP contribution >= 0.6 is 0 Å². The second-order valence-corrected chi connectivity index (χ2v) is 8.00. The van der Waals surface area contributed by atoms with Gasteiger partial charge in [-0.1, -0.05) is 0 Å². The molecule has 0 aliphatic rings. The summed E-state index contributed by atoms with van der Waals surface area (Å²) < 4.78 is 8.63. The van der Waals surface area contributed by atoms with Crippen molar-refractivity contribution in [3.63, 3.8) is 0 Å². The summed E-state index contributed by atoms with van der Waals surface area (Å²) in [6, 6.07) is 12.3. The van der Waals surface area contributed by atoms with E-state index in [9.17, 15) is 14.4 Å². The van der Waals surface area contributed by atoms with E-state index in [1.807, 2.05) is 45.0 Å². The Labute approximate surface area is 202 Å². The molecule has 180 valence electrons. The molecule has 0 saturated carbocycles. The molecule has 35 heavy (non-hydrogen) atoms. The number of aryl methyl sites for hydroxylation is 2. The van der Waals surface area contributed by atoms with Crippen molar-refractivity contribution in [3.05, 3.63) is 86.8 Å². The number of rotatable bonds is 8.